The smallest absolute Gasteiger partial charge is 0.0485 e. The first kappa shape index (κ1) is 13.8. The summed E-state index contributed by atoms with van der Waals surface area (Å²) in [5.74, 6) is 0.328. The van der Waals surface area contributed by atoms with Gasteiger partial charge in [0.1, 0.15) is 0 Å². The number of aryl methyl sites for hydroxylation is 2. The Morgan fingerprint density at radius 3 is 3.00 bits per heavy atom. The molecule has 2 nitrogen and oxygen atoms in total. The molecule has 0 bridgehead atoms. The van der Waals surface area contributed by atoms with Crippen molar-refractivity contribution in [3.05, 3.63) is 63.4 Å². The molecular formula is C17H19BrN2. The van der Waals surface area contributed by atoms with Crippen LogP contribution in [-0.2, 0) is 6.42 Å². The van der Waals surface area contributed by atoms with Crippen molar-refractivity contribution >= 4 is 15.9 Å². The number of nitrogens with zero attached hydrogens (tertiary/aromatic N) is 1. The summed E-state index contributed by atoms with van der Waals surface area (Å²) in [5.41, 5.74) is 11.5. The molecule has 2 aromatic rings. The molecule has 0 saturated heterocycles. The molecule has 104 valence electrons. The Morgan fingerprint density at radius 2 is 2.20 bits per heavy atom. The molecule has 3 rings (SSSR count). The van der Waals surface area contributed by atoms with Gasteiger partial charge in [-0.1, -0.05) is 34.1 Å². The van der Waals surface area contributed by atoms with Gasteiger partial charge in [-0.3, -0.25) is 4.98 Å². The second-order valence-corrected chi connectivity index (χ2v) is 6.44. The molecule has 1 aromatic carbocycles. The molecule has 1 aromatic heterocycles. The Balaban J connectivity index is 1.95. The highest BCUT2D eigenvalue weighted by Crippen LogP contribution is 2.38. The fourth-order valence-electron chi connectivity index (χ4n) is 3.04. The third-order valence-electron chi connectivity index (χ3n) is 4.25. The van der Waals surface area contributed by atoms with Gasteiger partial charge >= 0.3 is 0 Å². The van der Waals surface area contributed by atoms with Gasteiger partial charge in [0, 0.05) is 28.3 Å². The summed E-state index contributed by atoms with van der Waals surface area (Å²) in [6.45, 7) is 2.09. The maximum atomic E-state index is 6.54. The number of nitrogens with two attached hydrogens (primary N) is 1. The zero-order chi connectivity index (χ0) is 14.1. The highest BCUT2D eigenvalue weighted by Gasteiger charge is 2.27. The average molecular weight is 331 g/mol. The van der Waals surface area contributed by atoms with Crippen molar-refractivity contribution in [2.45, 2.75) is 38.1 Å². The summed E-state index contributed by atoms with van der Waals surface area (Å²) < 4.78 is 1.13. The molecule has 0 saturated carbocycles. The maximum absolute atomic E-state index is 6.54. The first-order chi connectivity index (χ1) is 9.66. The summed E-state index contributed by atoms with van der Waals surface area (Å²) in [4.78, 5) is 4.60. The zero-order valence-electron chi connectivity index (χ0n) is 11.6. The first-order valence-corrected chi connectivity index (χ1v) is 7.91. The molecular weight excluding hydrogens is 312 g/mol. The second-order valence-electron chi connectivity index (χ2n) is 5.58. The Morgan fingerprint density at radius 1 is 1.35 bits per heavy atom. The lowest BCUT2D eigenvalue weighted by molar-refractivity contribution is 0.462. The molecule has 0 spiro atoms. The first-order valence-electron chi connectivity index (χ1n) is 7.12. The normalized spacial score (nSPS) is 19.4. The van der Waals surface area contributed by atoms with Gasteiger partial charge in [-0.2, -0.15) is 0 Å². The van der Waals surface area contributed by atoms with Gasteiger partial charge < -0.3 is 5.73 Å². The molecule has 2 unspecified atom stereocenters. The number of halogens is 1. The molecule has 2 atom stereocenters. The Hall–Kier alpha value is -1.19. The third kappa shape index (κ3) is 2.52. The monoisotopic (exact) mass is 330 g/mol. The molecule has 1 aliphatic rings. The van der Waals surface area contributed by atoms with Crippen LogP contribution in [-0.4, -0.2) is 4.98 Å². The molecule has 2 N–H and O–H groups in total. The Bertz CT molecular complexity index is 624. The Labute approximate surface area is 128 Å². The minimum atomic E-state index is 0.0147. The van der Waals surface area contributed by atoms with E-state index in [1.165, 1.54) is 28.8 Å². The van der Waals surface area contributed by atoms with Gasteiger partial charge in [-0.05, 0) is 55.0 Å². The lowest BCUT2D eigenvalue weighted by Crippen LogP contribution is -2.24. The minimum absolute atomic E-state index is 0.0147. The number of hydrogen-bond donors (Lipinski definition) is 1. The van der Waals surface area contributed by atoms with E-state index in [9.17, 15) is 0 Å². The largest absolute Gasteiger partial charge is 0.323 e. The topological polar surface area (TPSA) is 38.9 Å². The van der Waals surface area contributed by atoms with Gasteiger partial charge in [0.2, 0.25) is 0 Å². The van der Waals surface area contributed by atoms with Gasteiger partial charge in [-0.15, -0.1) is 0 Å². The van der Waals surface area contributed by atoms with E-state index in [0.717, 1.165) is 17.3 Å². The fraction of sp³-hybridized carbons (Fsp3) is 0.353. The molecule has 20 heavy (non-hydrogen) atoms. The van der Waals surface area contributed by atoms with E-state index in [-0.39, 0.29) is 6.04 Å². The van der Waals surface area contributed by atoms with Crippen molar-refractivity contribution in [3.8, 4) is 0 Å². The van der Waals surface area contributed by atoms with Gasteiger partial charge in [0.25, 0.3) is 0 Å². The summed E-state index contributed by atoms with van der Waals surface area (Å²) in [7, 11) is 0. The van der Waals surface area contributed by atoms with Crippen LogP contribution in [0, 0.1) is 6.92 Å². The number of pyridine rings is 1. The molecule has 0 amide bonds. The third-order valence-corrected chi connectivity index (χ3v) is 5.11. The van der Waals surface area contributed by atoms with E-state index in [1.807, 2.05) is 12.3 Å². The van der Waals surface area contributed by atoms with Crippen molar-refractivity contribution < 1.29 is 0 Å². The minimum Gasteiger partial charge on any atom is -0.323 e. The molecule has 0 radical (unpaired) electrons. The van der Waals surface area contributed by atoms with Crippen molar-refractivity contribution in [2.24, 2.45) is 5.73 Å². The Kier molecular flexibility index (Phi) is 3.90. The van der Waals surface area contributed by atoms with Crippen LogP contribution in [0.25, 0.3) is 0 Å². The predicted molar refractivity (Wildman–Crippen MR) is 85.7 cm³/mol. The predicted octanol–water partition coefficient (Wildman–Crippen LogP) is 4.27. The molecule has 1 heterocycles. The number of rotatable bonds is 2. The van der Waals surface area contributed by atoms with E-state index >= 15 is 0 Å². The summed E-state index contributed by atoms with van der Waals surface area (Å²) in [5, 5.41) is 0. The number of fused-ring (bicyclic) bond motifs is 1. The molecule has 0 aliphatic heterocycles. The molecule has 3 heteroatoms. The van der Waals surface area contributed by atoms with Crippen LogP contribution in [0.2, 0.25) is 0 Å². The second kappa shape index (κ2) is 5.66. The number of benzene rings is 1. The van der Waals surface area contributed by atoms with Gasteiger partial charge in [-0.25, -0.2) is 0 Å². The van der Waals surface area contributed by atoms with Crippen LogP contribution in [0.1, 0.15) is 47.2 Å². The van der Waals surface area contributed by atoms with Crippen LogP contribution < -0.4 is 5.73 Å². The van der Waals surface area contributed by atoms with Crippen molar-refractivity contribution in [1.82, 2.24) is 4.98 Å². The van der Waals surface area contributed by atoms with E-state index in [0.29, 0.717) is 5.92 Å². The number of hydrogen-bond acceptors (Lipinski definition) is 2. The average Bonchev–Trinajstić information content (AvgIpc) is 2.49. The highest BCUT2D eigenvalue weighted by molar-refractivity contribution is 9.10. The highest BCUT2D eigenvalue weighted by atomic mass is 79.9. The van der Waals surface area contributed by atoms with Gasteiger partial charge in [0.05, 0.1) is 0 Å². The van der Waals surface area contributed by atoms with Crippen LogP contribution in [0.4, 0.5) is 0 Å². The van der Waals surface area contributed by atoms with Crippen LogP contribution in [0.15, 0.2) is 41.0 Å². The van der Waals surface area contributed by atoms with Crippen molar-refractivity contribution in [1.29, 1.82) is 0 Å². The zero-order valence-corrected chi connectivity index (χ0v) is 13.2. The quantitative estimate of drug-likeness (QED) is 0.892. The SMILES string of the molecule is Cc1ccc(C(N)C2CCCc3cccnc32)cc1Br. The van der Waals surface area contributed by atoms with Gasteiger partial charge in [0.15, 0.2) is 0 Å². The summed E-state index contributed by atoms with van der Waals surface area (Å²) in [6.07, 6.45) is 5.33. The van der Waals surface area contributed by atoms with E-state index in [4.69, 9.17) is 5.73 Å². The fourth-order valence-corrected chi connectivity index (χ4v) is 3.44. The van der Waals surface area contributed by atoms with Crippen LogP contribution >= 0.6 is 15.9 Å². The standard InChI is InChI=1S/C17H19BrN2/c1-11-7-8-13(10-15(11)18)16(19)14-6-2-4-12-5-3-9-20-17(12)14/h3,5,7-10,14,16H,2,4,6,19H2,1H3. The van der Waals surface area contributed by atoms with Crippen LogP contribution in [0.5, 0.6) is 0 Å². The van der Waals surface area contributed by atoms with Crippen LogP contribution in [0.3, 0.4) is 0 Å². The van der Waals surface area contributed by atoms with Crippen molar-refractivity contribution in [3.63, 3.8) is 0 Å². The molecule has 0 fully saturated rings. The summed E-state index contributed by atoms with van der Waals surface area (Å²) >= 11 is 3.60. The lowest BCUT2D eigenvalue weighted by Gasteiger charge is -2.29. The van der Waals surface area contributed by atoms with E-state index in [1.54, 1.807) is 0 Å². The van der Waals surface area contributed by atoms with E-state index in [2.05, 4.69) is 52.1 Å². The maximum Gasteiger partial charge on any atom is 0.0485 e. The lowest BCUT2D eigenvalue weighted by atomic mass is 9.80. The summed E-state index contributed by atoms with van der Waals surface area (Å²) in [6, 6.07) is 10.6. The van der Waals surface area contributed by atoms with Crippen molar-refractivity contribution in [2.75, 3.05) is 0 Å². The molecule has 1 aliphatic carbocycles. The van der Waals surface area contributed by atoms with E-state index < -0.39 is 0 Å². The number of aromatic nitrogens is 1.